The Morgan fingerprint density at radius 2 is 2.00 bits per heavy atom. The van der Waals surface area contributed by atoms with Crippen molar-refractivity contribution in [2.24, 2.45) is 0 Å². The number of nitrogens with one attached hydrogen (secondary N) is 1. The van der Waals surface area contributed by atoms with Gasteiger partial charge in [0.2, 0.25) is 0 Å². The van der Waals surface area contributed by atoms with Crippen molar-refractivity contribution in [1.82, 2.24) is 24.7 Å². The highest BCUT2D eigenvalue weighted by molar-refractivity contribution is 6.32. The van der Waals surface area contributed by atoms with Crippen LogP contribution in [0.4, 0.5) is 0 Å². The van der Waals surface area contributed by atoms with Crippen LogP contribution in [0.25, 0.3) is 5.69 Å². The fourth-order valence-corrected chi connectivity index (χ4v) is 3.71. The summed E-state index contributed by atoms with van der Waals surface area (Å²) in [7, 11) is 0. The molecule has 0 radical (unpaired) electrons. The molecule has 2 heterocycles. The van der Waals surface area contributed by atoms with Gasteiger partial charge in [-0.05, 0) is 36.8 Å². The van der Waals surface area contributed by atoms with Crippen LogP contribution in [0.1, 0.15) is 43.0 Å². The Morgan fingerprint density at radius 1 is 1.24 bits per heavy atom. The molecule has 1 aliphatic rings. The molecule has 0 saturated heterocycles. The van der Waals surface area contributed by atoms with E-state index < -0.39 is 11.2 Å². The molecule has 3 aromatic rings. The van der Waals surface area contributed by atoms with Gasteiger partial charge in [-0.15, -0.1) is 0 Å². The highest BCUT2D eigenvalue weighted by Crippen LogP contribution is 2.41. The minimum Gasteiger partial charge on any atom is -0.504 e. The summed E-state index contributed by atoms with van der Waals surface area (Å²) in [4.78, 5) is 34.0. The molecule has 0 saturated carbocycles. The zero-order chi connectivity index (χ0) is 20.7. The highest BCUT2D eigenvalue weighted by atomic mass is 35.5. The van der Waals surface area contributed by atoms with Crippen molar-refractivity contribution >= 4 is 11.6 Å². The first-order chi connectivity index (χ1) is 13.8. The molecular weight excluding hydrogens is 398 g/mol. The molecule has 4 rings (SSSR count). The van der Waals surface area contributed by atoms with Gasteiger partial charge >= 0.3 is 11.7 Å². The predicted octanol–water partition coefficient (Wildman–Crippen LogP) is 2.47. The lowest BCUT2D eigenvalue weighted by Gasteiger charge is -2.16. The number of H-pyrrole nitrogens is 1. The lowest BCUT2D eigenvalue weighted by Crippen LogP contribution is -2.30. The number of fused-ring (bicyclic) bond motifs is 1. The van der Waals surface area contributed by atoms with E-state index in [4.69, 9.17) is 16.3 Å². The molecule has 150 valence electrons. The molecule has 10 heteroatoms. The van der Waals surface area contributed by atoms with Gasteiger partial charge in [-0.2, -0.15) is 19.7 Å². The molecule has 1 aromatic carbocycles. The number of rotatable bonds is 4. The van der Waals surface area contributed by atoms with Crippen LogP contribution in [0.5, 0.6) is 17.5 Å². The zero-order valence-electron chi connectivity index (χ0n) is 15.8. The predicted molar refractivity (Wildman–Crippen MR) is 105 cm³/mol. The third-order valence-corrected chi connectivity index (χ3v) is 5.02. The monoisotopic (exact) mass is 415 g/mol. The lowest BCUT2D eigenvalue weighted by molar-refractivity contribution is 0.414. The van der Waals surface area contributed by atoms with Crippen molar-refractivity contribution in [3.8, 4) is 23.2 Å². The quantitative estimate of drug-likeness (QED) is 0.670. The van der Waals surface area contributed by atoms with Gasteiger partial charge in [-0.1, -0.05) is 25.4 Å². The second-order valence-corrected chi connectivity index (χ2v) is 7.46. The second kappa shape index (κ2) is 7.32. The third kappa shape index (κ3) is 3.49. The first-order valence-corrected chi connectivity index (χ1v) is 9.50. The van der Waals surface area contributed by atoms with Gasteiger partial charge in [0, 0.05) is 5.56 Å². The minimum absolute atomic E-state index is 0.00235. The minimum atomic E-state index is -0.639. The van der Waals surface area contributed by atoms with Crippen LogP contribution in [0.2, 0.25) is 5.02 Å². The molecule has 2 aromatic heterocycles. The van der Waals surface area contributed by atoms with Crippen LogP contribution in [0, 0.1) is 0 Å². The van der Waals surface area contributed by atoms with Crippen molar-refractivity contribution in [3.05, 3.63) is 61.1 Å². The molecule has 0 unspecified atom stereocenters. The van der Waals surface area contributed by atoms with E-state index in [2.05, 4.69) is 20.1 Å². The summed E-state index contributed by atoms with van der Waals surface area (Å²) < 4.78 is 7.03. The standard InChI is InChI=1S/C19H18ClN5O4/c1-9(2)16-14(26)7-21-18(24-16)29-17-11-5-3-4-10(11)13(6-12(17)20)25-19(28)23-15(27)8-22-25/h6-9,26H,3-5H2,1-2H3,(H,23,27,28). The number of hydrogen-bond acceptors (Lipinski definition) is 7. The average molecular weight is 416 g/mol. The third-order valence-electron chi connectivity index (χ3n) is 4.74. The Balaban J connectivity index is 1.81. The van der Waals surface area contributed by atoms with E-state index in [0.717, 1.165) is 28.4 Å². The number of ether oxygens (including phenoxy) is 1. The smallest absolute Gasteiger partial charge is 0.349 e. The average Bonchev–Trinajstić information content (AvgIpc) is 3.15. The molecule has 0 fully saturated rings. The summed E-state index contributed by atoms with van der Waals surface area (Å²) in [5.41, 5.74) is 1.48. The van der Waals surface area contributed by atoms with Crippen LogP contribution in [-0.2, 0) is 12.8 Å². The summed E-state index contributed by atoms with van der Waals surface area (Å²) in [6, 6.07) is 1.66. The van der Waals surface area contributed by atoms with Crippen molar-refractivity contribution < 1.29 is 9.84 Å². The van der Waals surface area contributed by atoms with Crippen LogP contribution in [0.3, 0.4) is 0 Å². The van der Waals surface area contributed by atoms with Crippen molar-refractivity contribution in [2.45, 2.75) is 39.0 Å². The van der Waals surface area contributed by atoms with E-state index in [1.54, 1.807) is 6.07 Å². The molecule has 1 aliphatic carbocycles. The Hall–Kier alpha value is -3.20. The topological polar surface area (TPSA) is 123 Å². The van der Waals surface area contributed by atoms with E-state index in [-0.39, 0.29) is 22.7 Å². The number of aromatic amines is 1. The number of hydrogen-bond donors (Lipinski definition) is 2. The number of benzene rings is 1. The highest BCUT2D eigenvalue weighted by Gasteiger charge is 2.25. The maximum absolute atomic E-state index is 12.2. The van der Waals surface area contributed by atoms with Crippen LogP contribution >= 0.6 is 11.6 Å². The summed E-state index contributed by atoms with van der Waals surface area (Å²) in [6.07, 6.45) is 4.60. The van der Waals surface area contributed by atoms with Crippen molar-refractivity contribution in [1.29, 1.82) is 0 Å². The van der Waals surface area contributed by atoms with E-state index in [1.807, 2.05) is 13.8 Å². The molecular formula is C19H18ClN5O4. The van der Waals surface area contributed by atoms with Crippen LogP contribution in [0.15, 0.2) is 28.0 Å². The van der Waals surface area contributed by atoms with E-state index in [1.165, 1.54) is 6.20 Å². The fourth-order valence-electron chi connectivity index (χ4n) is 3.45. The van der Waals surface area contributed by atoms with Crippen LogP contribution in [-0.4, -0.2) is 29.8 Å². The summed E-state index contributed by atoms with van der Waals surface area (Å²) >= 11 is 6.49. The molecule has 0 spiro atoms. The largest absolute Gasteiger partial charge is 0.504 e. The number of aromatic hydroxyl groups is 1. The van der Waals surface area contributed by atoms with E-state index in [9.17, 15) is 14.7 Å². The SMILES string of the molecule is CC(C)c1nc(Oc2c(Cl)cc(-n3ncc(=O)[nH]c3=O)c3c2CCC3)ncc1O. The summed E-state index contributed by atoms with van der Waals surface area (Å²) in [5, 5.41) is 14.1. The van der Waals surface area contributed by atoms with Gasteiger partial charge in [-0.3, -0.25) is 9.78 Å². The first-order valence-electron chi connectivity index (χ1n) is 9.12. The molecule has 0 aliphatic heterocycles. The lowest BCUT2D eigenvalue weighted by atomic mass is 10.1. The molecule has 0 atom stereocenters. The van der Waals surface area contributed by atoms with Gasteiger partial charge in [0.1, 0.15) is 6.20 Å². The Morgan fingerprint density at radius 3 is 2.72 bits per heavy atom. The van der Waals surface area contributed by atoms with E-state index >= 15 is 0 Å². The Labute approximate surface area is 170 Å². The van der Waals surface area contributed by atoms with Gasteiger partial charge in [0.05, 0.1) is 22.6 Å². The molecule has 0 amide bonds. The second-order valence-electron chi connectivity index (χ2n) is 7.05. The Bertz CT molecular complexity index is 1220. The number of nitrogens with zero attached hydrogens (tertiary/aromatic N) is 4. The van der Waals surface area contributed by atoms with Crippen molar-refractivity contribution in [2.75, 3.05) is 0 Å². The van der Waals surface area contributed by atoms with Gasteiger partial charge in [0.15, 0.2) is 11.5 Å². The van der Waals surface area contributed by atoms with Gasteiger partial charge in [-0.25, -0.2) is 4.79 Å². The fraction of sp³-hybridized carbons (Fsp3) is 0.316. The molecule has 2 N–H and O–H groups in total. The molecule has 29 heavy (non-hydrogen) atoms. The maximum atomic E-state index is 12.2. The van der Waals surface area contributed by atoms with Crippen LogP contribution < -0.4 is 16.0 Å². The Kier molecular flexibility index (Phi) is 4.83. The zero-order valence-corrected chi connectivity index (χ0v) is 16.5. The first kappa shape index (κ1) is 19.1. The normalized spacial score (nSPS) is 13.0. The van der Waals surface area contributed by atoms with E-state index in [0.29, 0.717) is 30.0 Å². The van der Waals surface area contributed by atoms with Crippen molar-refractivity contribution in [3.63, 3.8) is 0 Å². The maximum Gasteiger partial charge on any atom is 0.349 e. The number of halogens is 1. The summed E-state index contributed by atoms with van der Waals surface area (Å²) in [6.45, 7) is 3.81. The molecule has 9 nitrogen and oxygen atoms in total. The van der Waals surface area contributed by atoms with Gasteiger partial charge in [0.25, 0.3) is 5.56 Å². The molecule has 0 bridgehead atoms. The summed E-state index contributed by atoms with van der Waals surface area (Å²) in [5.74, 6) is 0.408. The number of aromatic nitrogens is 5. The van der Waals surface area contributed by atoms with Gasteiger partial charge < -0.3 is 9.84 Å².